The Bertz CT molecular complexity index is 262. The van der Waals surface area contributed by atoms with Gasteiger partial charge in [-0.25, -0.2) is 0 Å². The van der Waals surface area contributed by atoms with Gasteiger partial charge < -0.3 is 4.74 Å². The highest BCUT2D eigenvalue weighted by Crippen LogP contribution is 2.10. The Morgan fingerprint density at radius 2 is 1.75 bits per heavy atom. The summed E-state index contributed by atoms with van der Waals surface area (Å²) < 4.78 is 4.58. The molecule has 0 heterocycles. The zero-order valence-corrected chi connectivity index (χ0v) is 11.0. The molecule has 0 spiro atoms. The number of methoxy groups -OCH3 is 1. The van der Waals surface area contributed by atoms with Crippen LogP contribution in [0.2, 0.25) is 0 Å². The third kappa shape index (κ3) is 8.27. The lowest BCUT2D eigenvalue weighted by Crippen LogP contribution is -1.97. The first kappa shape index (κ1) is 14.9. The standard InChI is InChI=1S/C14H24O2/c1-5-7-12(2)8-6-9-13(3)10-11-14(15)16-4/h8,10H,5-7,9,11H2,1-4H3/b12-8+,13-10+. The van der Waals surface area contributed by atoms with Crippen molar-refractivity contribution in [2.45, 2.75) is 52.9 Å². The zero-order chi connectivity index (χ0) is 12.4. The van der Waals surface area contributed by atoms with E-state index in [9.17, 15) is 4.79 Å². The molecule has 0 bridgehead atoms. The lowest BCUT2D eigenvalue weighted by atomic mass is 10.1. The molecule has 0 atom stereocenters. The van der Waals surface area contributed by atoms with E-state index >= 15 is 0 Å². The molecule has 0 aromatic rings. The van der Waals surface area contributed by atoms with E-state index < -0.39 is 0 Å². The van der Waals surface area contributed by atoms with Crippen molar-refractivity contribution in [2.24, 2.45) is 0 Å². The SMILES string of the molecule is CCC/C(C)=C/CC/C(C)=C/CC(=O)OC. The van der Waals surface area contributed by atoms with E-state index in [0.29, 0.717) is 6.42 Å². The second-order valence-electron chi connectivity index (χ2n) is 4.17. The molecule has 0 aromatic heterocycles. The minimum absolute atomic E-state index is 0.169. The summed E-state index contributed by atoms with van der Waals surface area (Å²) >= 11 is 0. The van der Waals surface area contributed by atoms with Crippen molar-refractivity contribution in [2.75, 3.05) is 7.11 Å². The first-order valence-corrected chi connectivity index (χ1v) is 5.98. The van der Waals surface area contributed by atoms with Crippen LogP contribution in [0.5, 0.6) is 0 Å². The van der Waals surface area contributed by atoms with Gasteiger partial charge in [-0.1, -0.05) is 36.6 Å². The largest absolute Gasteiger partial charge is 0.469 e. The van der Waals surface area contributed by atoms with Crippen LogP contribution in [-0.2, 0) is 9.53 Å². The van der Waals surface area contributed by atoms with Crippen molar-refractivity contribution >= 4 is 5.97 Å². The average molecular weight is 224 g/mol. The Labute approximate surface area is 99.4 Å². The van der Waals surface area contributed by atoms with Crippen molar-refractivity contribution in [1.82, 2.24) is 0 Å². The number of ether oxygens (including phenoxy) is 1. The van der Waals surface area contributed by atoms with E-state index in [1.165, 1.54) is 31.1 Å². The number of esters is 1. The maximum Gasteiger partial charge on any atom is 0.309 e. The molecule has 0 aliphatic carbocycles. The molecule has 0 aliphatic rings. The highest BCUT2D eigenvalue weighted by Gasteiger charge is 1.96. The Morgan fingerprint density at radius 1 is 1.12 bits per heavy atom. The van der Waals surface area contributed by atoms with Gasteiger partial charge in [-0.05, 0) is 33.1 Å². The third-order valence-electron chi connectivity index (χ3n) is 2.52. The molecule has 92 valence electrons. The summed E-state index contributed by atoms with van der Waals surface area (Å²) in [7, 11) is 1.42. The van der Waals surface area contributed by atoms with E-state index in [2.05, 4.69) is 31.6 Å². The molecule has 0 unspecified atom stereocenters. The smallest absolute Gasteiger partial charge is 0.309 e. The minimum atomic E-state index is -0.169. The quantitative estimate of drug-likeness (QED) is 0.482. The molecule has 0 rings (SSSR count). The zero-order valence-electron chi connectivity index (χ0n) is 11.0. The van der Waals surface area contributed by atoms with Crippen molar-refractivity contribution in [3.63, 3.8) is 0 Å². The number of allylic oxidation sites excluding steroid dienone is 3. The molecule has 0 fully saturated rings. The Kier molecular flexibility index (Phi) is 8.59. The number of carbonyl (C=O) groups excluding carboxylic acids is 1. The maximum atomic E-state index is 10.9. The lowest BCUT2D eigenvalue weighted by molar-refractivity contribution is -0.139. The van der Waals surface area contributed by atoms with Crippen LogP contribution in [0.4, 0.5) is 0 Å². The monoisotopic (exact) mass is 224 g/mol. The van der Waals surface area contributed by atoms with Gasteiger partial charge in [-0.3, -0.25) is 4.79 Å². The highest BCUT2D eigenvalue weighted by molar-refractivity contribution is 5.71. The first-order chi connectivity index (χ1) is 7.60. The molecular weight excluding hydrogens is 200 g/mol. The fraction of sp³-hybridized carbons (Fsp3) is 0.643. The Balaban J connectivity index is 3.84. The summed E-state index contributed by atoms with van der Waals surface area (Å²) in [6.45, 7) is 6.43. The van der Waals surface area contributed by atoms with Gasteiger partial charge in [0, 0.05) is 0 Å². The fourth-order valence-corrected chi connectivity index (χ4v) is 1.49. The second kappa shape index (κ2) is 9.20. The van der Waals surface area contributed by atoms with Crippen molar-refractivity contribution < 1.29 is 9.53 Å². The van der Waals surface area contributed by atoms with Crippen LogP contribution >= 0.6 is 0 Å². The molecule has 0 saturated carbocycles. The van der Waals surface area contributed by atoms with Gasteiger partial charge in [-0.2, -0.15) is 0 Å². The summed E-state index contributed by atoms with van der Waals surface area (Å²) in [6, 6.07) is 0. The molecule has 16 heavy (non-hydrogen) atoms. The van der Waals surface area contributed by atoms with Crippen LogP contribution in [0.15, 0.2) is 23.3 Å². The predicted octanol–water partition coefficient (Wildman–Crippen LogP) is 4.02. The Morgan fingerprint density at radius 3 is 2.31 bits per heavy atom. The molecule has 0 saturated heterocycles. The molecule has 0 aliphatic heterocycles. The summed E-state index contributed by atoms with van der Waals surface area (Å²) in [5, 5.41) is 0. The van der Waals surface area contributed by atoms with Crippen LogP contribution < -0.4 is 0 Å². The number of rotatable bonds is 7. The third-order valence-corrected chi connectivity index (χ3v) is 2.52. The summed E-state index contributed by atoms with van der Waals surface area (Å²) in [4.78, 5) is 10.9. The molecule has 0 amide bonds. The first-order valence-electron chi connectivity index (χ1n) is 5.98. The van der Waals surface area contributed by atoms with Gasteiger partial charge >= 0.3 is 5.97 Å². The van der Waals surface area contributed by atoms with Crippen molar-refractivity contribution in [3.05, 3.63) is 23.3 Å². The van der Waals surface area contributed by atoms with Crippen molar-refractivity contribution in [1.29, 1.82) is 0 Å². The van der Waals surface area contributed by atoms with Crippen LogP contribution in [0, 0.1) is 0 Å². The molecule has 2 nitrogen and oxygen atoms in total. The topological polar surface area (TPSA) is 26.3 Å². The van der Waals surface area contributed by atoms with E-state index in [1.54, 1.807) is 0 Å². The second-order valence-corrected chi connectivity index (χ2v) is 4.17. The summed E-state index contributed by atoms with van der Waals surface area (Å²) in [5.41, 5.74) is 2.72. The number of hydrogen-bond donors (Lipinski definition) is 0. The van der Waals surface area contributed by atoms with E-state index in [1.807, 2.05) is 6.08 Å². The molecule has 2 heteroatoms. The van der Waals surface area contributed by atoms with Gasteiger partial charge in [0.2, 0.25) is 0 Å². The minimum Gasteiger partial charge on any atom is -0.469 e. The molecule has 0 aromatic carbocycles. The lowest BCUT2D eigenvalue weighted by Gasteiger charge is -2.00. The van der Waals surface area contributed by atoms with Gasteiger partial charge in [0.15, 0.2) is 0 Å². The van der Waals surface area contributed by atoms with Gasteiger partial charge in [0.1, 0.15) is 0 Å². The summed E-state index contributed by atoms with van der Waals surface area (Å²) in [6.07, 6.45) is 9.12. The highest BCUT2D eigenvalue weighted by atomic mass is 16.5. The predicted molar refractivity (Wildman–Crippen MR) is 68.3 cm³/mol. The maximum absolute atomic E-state index is 10.9. The van der Waals surface area contributed by atoms with E-state index in [0.717, 1.165) is 12.8 Å². The van der Waals surface area contributed by atoms with Gasteiger partial charge in [0.05, 0.1) is 13.5 Å². The molecule has 0 radical (unpaired) electrons. The number of carbonyl (C=O) groups is 1. The van der Waals surface area contributed by atoms with Gasteiger partial charge in [0.25, 0.3) is 0 Å². The summed E-state index contributed by atoms with van der Waals surface area (Å²) in [5.74, 6) is -0.169. The van der Waals surface area contributed by atoms with E-state index in [-0.39, 0.29) is 5.97 Å². The van der Waals surface area contributed by atoms with Gasteiger partial charge in [-0.15, -0.1) is 0 Å². The Hall–Kier alpha value is -1.05. The molecular formula is C14H24O2. The van der Waals surface area contributed by atoms with Crippen LogP contribution in [0.25, 0.3) is 0 Å². The van der Waals surface area contributed by atoms with Crippen LogP contribution in [0.3, 0.4) is 0 Å². The molecule has 0 N–H and O–H groups in total. The fourth-order valence-electron chi connectivity index (χ4n) is 1.49. The van der Waals surface area contributed by atoms with Crippen LogP contribution in [-0.4, -0.2) is 13.1 Å². The van der Waals surface area contributed by atoms with Crippen LogP contribution in [0.1, 0.15) is 52.9 Å². The number of hydrogen-bond acceptors (Lipinski definition) is 2. The van der Waals surface area contributed by atoms with E-state index in [4.69, 9.17) is 0 Å². The average Bonchev–Trinajstić information content (AvgIpc) is 2.26. The normalized spacial score (nSPS) is 12.8. The van der Waals surface area contributed by atoms with Crippen molar-refractivity contribution in [3.8, 4) is 0 Å².